The maximum atomic E-state index is 11.9. The predicted octanol–water partition coefficient (Wildman–Crippen LogP) is 3.04. The molecular formula is C14H21ClN2O2S. The van der Waals surface area contributed by atoms with E-state index in [9.17, 15) is 9.00 Å². The molecule has 0 saturated heterocycles. The van der Waals surface area contributed by atoms with E-state index >= 15 is 0 Å². The predicted molar refractivity (Wildman–Crippen MR) is 86.4 cm³/mol. The SMILES string of the molecule is CC(C)C(C)S(=O)CCC(=O)Nc1ccc(Cl)cc1N. The molecule has 2 unspecified atom stereocenters. The van der Waals surface area contributed by atoms with Gasteiger partial charge in [0.05, 0.1) is 11.4 Å². The highest BCUT2D eigenvalue weighted by Gasteiger charge is 2.16. The van der Waals surface area contributed by atoms with Crippen molar-refractivity contribution < 1.29 is 9.00 Å². The molecule has 0 aliphatic heterocycles. The van der Waals surface area contributed by atoms with Crippen molar-refractivity contribution in [2.75, 3.05) is 16.8 Å². The highest BCUT2D eigenvalue weighted by Crippen LogP contribution is 2.22. The average Bonchev–Trinajstić information content (AvgIpc) is 2.38. The fourth-order valence-corrected chi connectivity index (χ4v) is 3.09. The number of carbonyl (C=O) groups is 1. The van der Waals surface area contributed by atoms with E-state index in [1.54, 1.807) is 18.2 Å². The molecule has 2 atom stereocenters. The van der Waals surface area contributed by atoms with Crippen molar-refractivity contribution in [2.45, 2.75) is 32.4 Å². The lowest BCUT2D eigenvalue weighted by Crippen LogP contribution is -2.23. The number of nitrogen functional groups attached to an aromatic ring is 1. The summed E-state index contributed by atoms with van der Waals surface area (Å²) in [6.07, 6.45) is 0.214. The van der Waals surface area contributed by atoms with Gasteiger partial charge in [-0.3, -0.25) is 9.00 Å². The summed E-state index contributed by atoms with van der Waals surface area (Å²) in [5, 5.41) is 3.31. The van der Waals surface area contributed by atoms with Gasteiger partial charge in [0.2, 0.25) is 5.91 Å². The summed E-state index contributed by atoms with van der Waals surface area (Å²) in [5.41, 5.74) is 6.70. The van der Waals surface area contributed by atoms with Crippen molar-refractivity contribution in [3.8, 4) is 0 Å². The van der Waals surface area contributed by atoms with Crippen molar-refractivity contribution in [3.63, 3.8) is 0 Å². The number of halogens is 1. The van der Waals surface area contributed by atoms with Gasteiger partial charge in [0.25, 0.3) is 0 Å². The van der Waals surface area contributed by atoms with E-state index < -0.39 is 10.8 Å². The molecule has 20 heavy (non-hydrogen) atoms. The van der Waals surface area contributed by atoms with Gasteiger partial charge in [0, 0.05) is 33.2 Å². The van der Waals surface area contributed by atoms with Crippen molar-refractivity contribution in [1.29, 1.82) is 0 Å². The highest BCUT2D eigenvalue weighted by atomic mass is 35.5. The maximum absolute atomic E-state index is 11.9. The van der Waals surface area contributed by atoms with Gasteiger partial charge in [-0.1, -0.05) is 32.4 Å². The largest absolute Gasteiger partial charge is 0.397 e. The average molecular weight is 317 g/mol. The number of nitrogens with one attached hydrogen (secondary N) is 1. The summed E-state index contributed by atoms with van der Waals surface area (Å²) in [7, 11) is -0.996. The number of nitrogens with two attached hydrogens (primary N) is 1. The van der Waals surface area contributed by atoms with E-state index in [0.29, 0.717) is 28.1 Å². The van der Waals surface area contributed by atoms with Gasteiger partial charge in [-0.2, -0.15) is 0 Å². The van der Waals surface area contributed by atoms with E-state index in [4.69, 9.17) is 17.3 Å². The van der Waals surface area contributed by atoms with Gasteiger partial charge in [0.1, 0.15) is 0 Å². The van der Waals surface area contributed by atoms with Gasteiger partial charge in [-0.25, -0.2) is 0 Å². The number of hydrogen-bond acceptors (Lipinski definition) is 3. The first-order chi connectivity index (χ1) is 9.31. The molecular weight excluding hydrogens is 296 g/mol. The van der Waals surface area contributed by atoms with Crippen LogP contribution in [0.1, 0.15) is 27.2 Å². The lowest BCUT2D eigenvalue weighted by atomic mass is 10.2. The fourth-order valence-electron chi connectivity index (χ4n) is 1.54. The second-order valence-corrected chi connectivity index (χ2v) is 7.41. The molecule has 1 aromatic rings. The smallest absolute Gasteiger partial charge is 0.225 e. The Balaban J connectivity index is 2.50. The van der Waals surface area contributed by atoms with E-state index in [2.05, 4.69) is 5.32 Å². The Morgan fingerprint density at radius 3 is 2.60 bits per heavy atom. The molecule has 0 radical (unpaired) electrons. The van der Waals surface area contributed by atoms with Crippen LogP contribution in [0.2, 0.25) is 5.02 Å². The number of anilines is 2. The molecule has 0 aliphatic rings. The molecule has 0 aromatic heterocycles. The Bertz CT molecular complexity index is 506. The Morgan fingerprint density at radius 2 is 2.05 bits per heavy atom. The summed E-state index contributed by atoms with van der Waals surface area (Å²) in [6, 6.07) is 4.89. The van der Waals surface area contributed by atoms with Crippen molar-refractivity contribution >= 4 is 39.7 Å². The van der Waals surface area contributed by atoms with Gasteiger partial charge in [-0.15, -0.1) is 0 Å². The third-order valence-electron chi connectivity index (χ3n) is 3.17. The third kappa shape index (κ3) is 5.13. The number of amides is 1. The normalized spacial score (nSPS) is 14.1. The lowest BCUT2D eigenvalue weighted by molar-refractivity contribution is -0.115. The van der Waals surface area contributed by atoms with Crippen LogP contribution >= 0.6 is 11.6 Å². The summed E-state index contributed by atoms with van der Waals surface area (Å²) >= 11 is 5.79. The quantitative estimate of drug-likeness (QED) is 0.792. The van der Waals surface area contributed by atoms with Crippen LogP contribution in [-0.4, -0.2) is 21.1 Å². The molecule has 1 rings (SSSR count). The number of rotatable bonds is 6. The minimum atomic E-state index is -0.996. The molecule has 112 valence electrons. The summed E-state index contributed by atoms with van der Waals surface area (Å²) in [5.74, 6) is 0.507. The van der Waals surface area contributed by atoms with Crippen molar-refractivity contribution in [2.24, 2.45) is 5.92 Å². The van der Waals surface area contributed by atoms with E-state index in [0.717, 1.165) is 0 Å². The number of carbonyl (C=O) groups excluding carboxylic acids is 1. The Kier molecular flexibility index (Phi) is 6.49. The number of benzene rings is 1. The molecule has 0 spiro atoms. The summed E-state index contributed by atoms with van der Waals surface area (Å²) < 4.78 is 11.9. The van der Waals surface area contributed by atoms with Gasteiger partial charge < -0.3 is 11.1 Å². The van der Waals surface area contributed by atoms with Crippen LogP contribution in [0.15, 0.2) is 18.2 Å². The van der Waals surface area contributed by atoms with Gasteiger partial charge in [0.15, 0.2) is 0 Å². The minimum Gasteiger partial charge on any atom is -0.397 e. The Morgan fingerprint density at radius 1 is 1.40 bits per heavy atom. The zero-order valence-electron chi connectivity index (χ0n) is 12.0. The van der Waals surface area contributed by atoms with Crippen molar-refractivity contribution in [3.05, 3.63) is 23.2 Å². The molecule has 4 nitrogen and oxygen atoms in total. The monoisotopic (exact) mass is 316 g/mol. The third-order valence-corrected chi connectivity index (χ3v) is 5.39. The van der Waals surface area contributed by atoms with Crippen LogP contribution in [0, 0.1) is 5.92 Å². The molecule has 3 N–H and O–H groups in total. The van der Waals surface area contributed by atoms with Crippen LogP contribution in [0.4, 0.5) is 11.4 Å². The van der Waals surface area contributed by atoms with Crippen LogP contribution in [0.5, 0.6) is 0 Å². The Hall–Kier alpha value is -1.07. The topological polar surface area (TPSA) is 72.2 Å². The molecule has 1 aromatic carbocycles. The molecule has 0 aliphatic carbocycles. The fraction of sp³-hybridized carbons (Fsp3) is 0.500. The second-order valence-electron chi connectivity index (χ2n) is 5.06. The first kappa shape index (κ1) is 17.0. The number of hydrogen-bond donors (Lipinski definition) is 2. The molecule has 6 heteroatoms. The van der Waals surface area contributed by atoms with Gasteiger partial charge >= 0.3 is 0 Å². The van der Waals surface area contributed by atoms with E-state index in [1.165, 1.54) is 0 Å². The van der Waals surface area contributed by atoms with E-state index in [-0.39, 0.29) is 17.6 Å². The standard InChI is InChI=1S/C14H21ClN2O2S/c1-9(2)10(3)20(19)7-6-14(18)17-13-5-4-11(15)8-12(13)16/h4-5,8-10H,6-7,16H2,1-3H3,(H,17,18). The maximum Gasteiger partial charge on any atom is 0.225 e. The van der Waals surface area contributed by atoms with Gasteiger partial charge in [-0.05, 0) is 24.1 Å². The Labute approximate surface area is 127 Å². The van der Waals surface area contributed by atoms with E-state index in [1.807, 2.05) is 20.8 Å². The van der Waals surface area contributed by atoms with Crippen LogP contribution < -0.4 is 11.1 Å². The van der Waals surface area contributed by atoms with Crippen molar-refractivity contribution in [1.82, 2.24) is 0 Å². The molecule has 1 amide bonds. The summed E-state index contributed by atoms with van der Waals surface area (Å²) in [4.78, 5) is 11.8. The van der Waals surface area contributed by atoms with Crippen LogP contribution in [0.3, 0.4) is 0 Å². The zero-order valence-corrected chi connectivity index (χ0v) is 13.6. The molecule has 0 heterocycles. The second kappa shape index (κ2) is 7.64. The molecule has 0 bridgehead atoms. The lowest BCUT2D eigenvalue weighted by Gasteiger charge is -2.15. The molecule has 0 fully saturated rings. The molecule has 0 saturated carbocycles. The highest BCUT2D eigenvalue weighted by molar-refractivity contribution is 7.85. The zero-order chi connectivity index (χ0) is 15.3. The first-order valence-electron chi connectivity index (χ1n) is 6.53. The summed E-state index contributed by atoms with van der Waals surface area (Å²) in [6.45, 7) is 5.99. The van der Waals surface area contributed by atoms with Crippen LogP contribution in [-0.2, 0) is 15.6 Å². The van der Waals surface area contributed by atoms with Crippen LogP contribution in [0.25, 0.3) is 0 Å². The first-order valence-corrected chi connectivity index (χ1v) is 8.29. The minimum absolute atomic E-state index is 0.0865.